The first-order valence-corrected chi connectivity index (χ1v) is 7.05. The summed E-state index contributed by atoms with van der Waals surface area (Å²) in [7, 11) is 0. The second-order valence-corrected chi connectivity index (χ2v) is 6.79. The van der Waals surface area contributed by atoms with Gasteiger partial charge in [0.05, 0.1) is 0 Å². The molecular formula is C15H30O3. The fourth-order valence-electron chi connectivity index (χ4n) is 1.59. The number of ether oxygens (including phenoxy) is 1. The lowest BCUT2D eigenvalue weighted by Crippen LogP contribution is -2.29. The summed E-state index contributed by atoms with van der Waals surface area (Å²) >= 11 is 0. The van der Waals surface area contributed by atoms with Crippen molar-refractivity contribution < 1.29 is 14.6 Å². The molecule has 0 aromatic heterocycles. The summed E-state index contributed by atoms with van der Waals surface area (Å²) in [5, 5.41) is 10.6. The molecule has 0 aliphatic rings. The molecule has 0 aromatic carbocycles. The normalized spacial score (nSPS) is 13.8. The van der Waals surface area contributed by atoms with E-state index in [-0.39, 0.29) is 11.6 Å². The Morgan fingerprint density at radius 3 is 2.11 bits per heavy atom. The lowest BCUT2D eigenvalue weighted by Gasteiger charge is -2.17. The lowest BCUT2D eigenvalue weighted by atomic mass is 9.89. The standard InChI is InChI=1S/C15H30O3/c1-7-15(5,6)17-13(18-16)11-9-8-10-12-14(2,3)4/h7-12H2,1-6H3. The third kappa shape index (κ3) is 9.32. The average molecular weight is 258 g/mol. The van der Waals surface area contributed by atoms with Crippen molar-refractivity contribution in [3.05, 3.63) is 0 Å². The van der Waals surface area contributed by atoms with Gasteiger partial charge in [0.15, 0.2) is 5.60 Å². The van der Waals surface area contributed by atoms with Crippen LogP contribution in [0.5, 0.6) is 0 Å². The van der Waals surface area contributed by atoms with E-state index in [1.165, 1.54) is 12.8 Å². The minimum atomic E-state index is -0.314. The Morgan fingerprint density at radius 1 is 1.06 bits per heavy atom. The Bertz CT molecular complexity index is 249. The SMILES string of the molecule is CCC(C)(C)OC(CCCCCC(C)(C)C)=[O+][O-]. The van der Waals surface area contributed by atoms with Crippen LogP contribution in [0.3, 0.4) is 0 Å². The van der Waals surface area contributed by atoms with Crippen molar-refractivity contribution in [3.8, 4) is 0 Å². The van der Waals surface area contributed by atoms with Gasteiger partial charge in [-0.1, -0.05) is 40.5 Å². The zero-order chi connectivity index (χ0) is 14.2. The highest BCUT2D eigenvalue weighted by atomic mass is 17.1. The molecule has 0 fully saturated rings. The molecule has 0 N–H and O–H groups in total. The molecule has 0 aliphatic heterocycles. The molecule has 0 radical (unpaired) electrons. The molecular weight excluding hydrogens is 228 g/mol. The van der Waals surface area contributed by atoms with Crippen LogP contribution in [-0.2, 0) is 9.31 Å². The molecule has 0 unspecified atom stereocenters. The summed E-state index contributed by atoms with van der Waals surface area (Å²) in [5.41, 5.74) is 0.0768. The molecule has 0 rings (SSSR count). The van der Waals surface area contributed by atoms with Crippen LogP contribution >= 0.6 is 0 Å². The second-order valence-electron chi connectivity index (χ2n) is 6.79. The van der Waals surface area contributed by atoms with Gasteiger partial charge in [0, 0.05) is 20.3 Å². The van der Waals surface area contributed by atoms with E-state index in [1.54, 1.807) is 0 Å². The van der Waals surface area contributed by atoms with Crippen LogP contribution < -0.4 is 5.26 Å². The van der Waals surface area contributed by atoms with Gasteiger partial charge in [0.1, 0.15) is 6.42 Å². The Balaban J connectivity index is 3.84. The van der Waals surface area contributed by atoms with Crippen molar-refractivity contribution in [2.45, 2.75) is 85.7 Å². The Morgan fingerprint density at radius 2 is 1.67 bits per heavy atom. The molecule has 0 bridgehead atoms. The molecule has 0 aliphatic carbocycles. The van der Waals surface area contributed by atoms with Crippen molar-refractivity contribution in [3.63, 3.8) is 0 Å². The van der Waals surface area contributed by atoms with Crippen molar-refractivity contribution in [1.82, 2.24) is 0 Å². The first kappa shape index (κ1) is 17.3. The highest BCUT2D eigenvalue weighted by Crippen LogP contribution is 2.22. The summed E-state index contributed by atoms with van der Waals surface area (Å²) in [4.78, 5) is 0. The van der Waals surface area contributed by atoms with Gasteiger partial charge in [-0.2, -0.15) is 0 Å². The molecule has 0 saturated carbocycles. The van der Waals surface area contributed by atoms with Crippen molar-refractivity contribution in [2.75, 3.05) is 0 Å². The van der Waals surface area contributed by atoms with Crippen LogP contribution in [0.25, 0.3) is 0 Å². The quantitative estimate of drug-likeness (QED) is 0.230. The minimum absolute atomic E-state index is 0.234. The highest BCUT2D eigenvalue weighted by Gasteiger charge is 2.29. The van der Waals surface area contributed by atoms with Gasteiger partial charge < -0.3 is 9.99 Å². The summed E-state index contributed by atoms with van der Waals surface area (Å²) in [6.45, 7) is 12.7. The lowest BCUT2D eigenvalue weighted by molar-refractivity contribution is -1.05. The van der Waals surface area contributed by atoms with Crippen molar-refractivity contribution >= 4 is 5.97 Å². The molecule has 0 saturated heterocycles. The summed E-state index contributed by atoms with van der Waals surface area (Å²) in [6, 6.07) is 0. The second kappa shape index (κ2) is 7.65. The maximum atomic E-state index is 10.6. The van der Waals surface area contributed by atoms with Gasteiger partial charge in [-0.25, -0.2) is 0 Å². The van der Waals surface area contributed by atoms with E-state index in [0.29, 0.717) is 11.8 Å². The molecule has 0 spiro atoms. The maximum Gasteiger partial charge on any atom is 0.497 e. The van der Waals surface area contributed by atoms with Gasteiger partial charge in [-0.05, 0) is 18.3 Å². The Hall–Kier alpha value is -0.730. The topological polar surface area (TPSA) is 43.6 Å². The first-order chi connectivity index (χ1) is 8.20. The predicted molar refractivity (Wildman–Crippen MR) is 73.0 cm³/mol. The van der Waals surface area contributed by atoms with Gasteiger partial charge in [-0.3, -0.25) is 4.58 Å². The van der Waals surface area contributed by atoms with E-state index in [4.69, 9.17) is 4.74 Å². The van der Waals surface area contributed by atoms with Crippen LogP contribution in [0.4, 0.5) is 0 Å². The predicted octanol–water partition coefficient (Wildman–Crippen LogP) is 3.53. The van der Waals surface area contributed by atoms with Gasteiger partial charge >= 0.3 is 5.97 Å². The largest absolute Gasteiger partial charge is 0.588 e. The van der Waals surface area contributed by atoms with Gasteiger partial charge in [-0.15, -0.1) is 0 Å². The van der Waals surface area contributed by atoms with Crippen LogP contribution in [0.1, 0.15) is 80.1 Å². The summed E-state index contributed by atoms with van der Waals surface area (Å²) < 4.78 is 9.65. The van der Waals surface area contributed by atoms with Crippen LogP contribution in [-0.4, -0.2) is 11.6 Å². The van der Waals surface area contributed by atoms with E-state index in [2.05, 4.69) is 25.3 Å². The van der Waals surface area contributed by atoms with E-state index >= 15 is 0 Å². The Labute approximate surface area is 112 Å². The number of carbonyl (C=O) groups excluding carboxylic acids is 1. The number of esters is 1. The zero-order valence-electron chi connectivity index (χ0n) is 13.0. The van der Waals surface area contributed by atoms with Crippen molar-refractivity contribution in [2.24, 2.45) is 5.41 Å². The van der Waals surface area contributed by atoms with Gasteiger partial charge in [0.2, 0.25) is 0 Å². The fraction of sp³-hybridized carbons (Fsp3) is 0.933. The molecule has 108 valence electrons. The first-order valence-electron chi connectivity index (χ1n) is 7.05. The van der Waals surface area contributed by atoms with Crippen molar-refractivity contribution in [1.29, 1.82) is 0 Å². The maximum absolute atomic E-state index is 10.6. The molecule has 0 heterocycles. The molecule has 0 aromatic rings. The average Bonchev–Trinajstić information content (AvgIpc) is 2.25. The number of unbranched alkanes of at least 4 members (excludes halogenated alkanes) is 2. The minimum Gasteiger partial charge on any atom is -0.588 e. The molecule has 3 nitrogen and oxygen atoms in total. The van der Waals surface area contributed by atoms with Crippen LogP contribution in [0, 0.1) is 5.41 Å². The zero-order valence-corrected chi connectivity index (χ0v) is 13.0. The number of rotatable bonds is 7. The smallest absolute Gasteiger partial charge is 0.497 e. The van der Waals surface area contributed by atoms with E-state index < -0.39 is 0 Å². The van der Waals surface area contributed by atoms with Crippen LogP contribution in [0.2, 0.25) is 0 Å². The number of hydrogen-bond donors (Lipinski definition) is 0. The molecule has 3 heteroatoms. The van der Waals surface area contributed by atoms with Gasteiger partial charge in [0.25, 0.3) is 0 Å². The third-order valence-electron chi connectivity index (χ3n) is 3.14. The van der Waals surface area contributed by atoms with E-state index in [9.17, 15) is 5.26 Å². The Kier molecular flexibility index (Phi) is 7.34. The molecule has 18 heavy (non-hydrogen) atoms. The highest BCUT2D eigenvalue weighted by molar-refractivity contribution is 5.70. The van der Waals surface area contributed by atoms with Crippen LogP contribution in [0.15, 0.2) is 0 Å². The van der Waals surface area contributed by atoms with E-state index in [1.807, 2.05) is 20.8 Å². The molecule has 0 atom stereocenters. The fourth-order valence-corrected chi connectivity index (χ4v) is 1.59. The third-order valence-corrected chi connectivity index (χ3v) is 3.14. The molecule has 0 amide bonds. The van der Waals surface area contributed by atoms with E-state index in [0.717, 1.165) is 19.3 Å². The summed E-state index contributed by atoms with van der Waals surface area (Å²) in [6.07, 6.45) is 5.92. The monoisotopic (exact) mass is 258 g/mol. The number of hydrogen-bond acceptors (Lipinski definition) is 2. The summed E-state index contributed by atoms with van der Waals surface area (Å²) in [5.74, 6) is 0.234.